The Hall–Kier alpha value is -1.70. The van der Waals surface area contributed by atoms with E-state index in [1.54, 1.807) is 0 Å². The molecule has 16 heavy (non-hydrogen) atoms. The molecule has 0 atom stereocenters. The zero-order chi connectivity index (χ0) is 12.0. The fourth-order valence-corrected chi connectivity index (χ4v) is 1.36. The number of aromatic amines is 1. The Bertz CT molecular complexity index is 396. The third-order valence-corrected chi connectivity index (χ3v) is 2.32. The Balaban J connectivity index is 0.000000165. The number of rotatable bonds is 1. The molecular weight excluding hydrogens is 196 g/mol. The standard InChI is InChI=1S/C8H11N.C6H9N/c1-7-3-5-8(9-2)6-4-7;1-5-3-4-6(2)7-5/h3-6,9H,1-2H3;3-4,7H,1-2H3. The lowest BCUT2D eigenvalue weighted by Crippen LogP contribution is -1.85. The first kappa shape index (κ1) is 12.4. The molecule has 1 heterocycles. The van der Waals surface area contributed by atoms with Crippen molar-refractivity contribution in [2.75, 3.05) is 12.4 Å². The van der Waals surface area contributed by atoms with Crippen molar-refractivity contribution in [3.05, 3.63) is 53.3 Å². The summed E-state index contributed by atoms with van der Waals surface area (Å²) in [5, 5.41) is 3.05. The van der Waals surface area contributed by atoms with Crippen molar-refractivity contribution in [1.29, 1.82) is 0 Å². The second kappa shape index (κ2) is 6.01. The van der Waals surface area contributed by atoms with Gasteiger partial charge in [-0.15, -0.1) is 0 Å². The van der Waals surface area contributed by atoms with Crippen LogP contribution in [0.25, 0.3) is 0 Å². The third-order valence-electron chi connectivity index (χ3n) is 2.32. The molecule has 2 nitrogen and oxygen atoms in total. The van der Waals surface area contributed by atoms with Gasteiger partial charge in [-0.2, -0.15) is 0 Å². The van der Waals surface area contributed by atoms with Gasteiger partial charge in [-0.25, -0.2) is 0 Å². The SMILES string of the molecule is CNc1ccc(C)cc1.Cc1ccc(C)[nH]1. The van der Waals surface area contributed by atoms with E-state index >= 15 is 0 Å². The molecule has 0 saturated carbocycles. The lowest BCUT2D eigenvalue weighted by molar-refractivity contribution is 1.19. The Morgan fingerprint density at radius 1 is 0.812 bits per heavy atom. The van der Waals surface area contributed by atoms with E-state index in [0.717, 1.165) is 0 Å². The molecule has 86 valence electrons. The normalized spacial score (nSPS) is 9.25. The monoisotopic (exact) mass is 216 g/mol. The Labute approximate surface area is 97.7 Å². The minimum Gasteiger partial charge on any atom is -0.388 e. The molecule has 1 aromatic carbocycles. The zero-order valence-electron chi connectivity index (χ0n) is 10.5. The molecule has 0 aliphatic rings. The number of H-pyrrole nitrogens is 1. The zero-order valence-corrected chi connectivity index (χ0v) is 10.5. The fraction of sp³-hybridized carbons (Fsp3) is 0.286. The fourth-order valence-electron chi connectivity index (χ4n) is 1.36. The molecule has 2 rings (SSSR count). The molecule has 0 spiro atoms. The smallest absolute Gasteiger partial charge is 0.0337 e. The maximum absolute atomic E-state index is 3.14. The molecule has 0 saturated heterocycles. The van der Waals surface area contributed by atoms with Gasteiger partial charge in [0.2, 0.25) is 0 Å². The van der Waals surface area contributed by atoms with Crippen molar-refractivity contribution in [3.8, 4) is 0 Å². The number of anilines is 1. The van der Waals surface area contributed by atoms with Crippen LogP contribution < -0.4 is 5.32 Å². The number of aryl methyl sites for hydroxylation is 3. The van der Waals surface area contributed by atoms with Gasteiger partial charge in [0.15, 0.2) is 0 Å². The van der Waals surface area contributed by atoms with E-state index in [0.29, 0.717) is 0 Å². The van der Waals surface area contributed by atoms with Crippen molar-refractivity contribution < 1.29 is 0 Å². The molecule has 0 amide bonds. The molecule has 0 radical (unpaired) electrons. The molecule has 0 aliphatic carbocycles. The van der Waals surface area contributed by atoms with E-state index in [9.17, 15) is 0 Å². The first-order chi connectivity index (χ1) is 7.61. The number of aromatic nitrogens is 1. The minimum absolute atomic E-state index is 1.17. The van der Waals surface area contributed by atoms with Crippen molar-refractivity contribution in [1.82, 2.24) is 4.98 Å². The van der Waals surface area contributed by atoms with Gasteiger partial charge in [0.05, 0.1) is 0 Å². The van der Waals surface area contributed by atoms with Gasteiger partial charge in [0, 0.05) is 24.1 Å². The van der Waals surface area contributed by atoms with E-state index < -0.39 is 0 Å². The summed E-state index contributed by atoms with van der Waals surface area (Å²) in [5.41, 5.74) is 4.93. The second-order valence-corrected chi connectivity index (χ2v) is 3.94. The Morgan fingerprint density at radius 2 is 1.31 bits per heavy atom. The summed E-state index contributed by atoms with van der Waals surface area (Å²) in [4.78, 5) is 3.14. The number of benzene rings is 1. The molecule has 2 heteroatoms. The maximum atomic E-state index is 3.14. The Kier molecular flexibility index (Phi) is 4.65. The van der Waals surface area contributed by atoms with Crippen LogP contribution in [0.4, 0.5) is 5.69 Å². The summed E-state index contributed by atoms with van der Waals surface area (Å²) in [6.07, 6.45) is 0. The predicted molar refractivity (Wildman–Crippen MR) is 71.0 cm³/mol. The van der Waals surface area contributed by atoms with Crippen molar-refractivity contribution in [2.45, 2.75) is 20.8 Å². The summed E-state index contributed by atoms with van der Waals surface area (Å²) in [5.74, 6) is 0. The highest BCUT2D eigenvalue weighted by Crippen LogP contribution is 2.06. The molecule has 1 aromatic heterocycles. The summed E-state index contributed by atoms with van der Waals surface area (Å²) in [6.45, 7) is 6.18. The van der Waals surface area contributed by atoms with Crippen LogP contribution in [0.3, 0.4) is 0 Å². The number of hydrogen-bond acceptors (Lipinski definition) is 1. The third kappa shape index (κ3) is 4.22. The van der Waals surface area contributed by atoms with E-state index in [4.69, 9.17) is 0 Å². The van der Waals surface area contributed by atoms with Crippen LogP contribution in [0.5, 0.6) is 0 Å². The lowest BCUT2D eigenvalue weighted by Gasteiger charge is -1.97. The van der Waals surface area contributed by atoms with Crippen LogP contribution in [0, 0.1) is 20.8 Å². The van der Waals surface area contributed by atoms with Gasteiger partial charge < -0.3 is 10.3 Å². The average Bonchev–Trinajstić information content (AvgIpc) is 2.65. The molecule has 0 aliphatic heterocycles. The van der Waals surface area contributed by atoms with Gasteiger partial charge in [0.1, 0.15) is 0 Å². The largest absolute Gasteiger partial charge is 0.388 e. The van der Waals surface area contributed by atoms with Crippen molar-refractivity contribution in [3.63, 3.8) is 0 Å². The highest BCUT2D eigenvalue weighted by molar-refractivity contribution is 5.43. The van der Waals surface area contributed by atoms with Gasteiger partial charge in [-0.1, -0.05) is 17.7 Å². The number of hydrogen-bond donors (Lipinski definition) is 2. The molecule has 2 aromatic rings. The summed E-state index contributed by atoms with van der Waals surface area (Å²) in [6, 6.07) is 12.4. The van der Waals surface area contributed by atoms with E-state index in [-0.39, 0.29) is 0 Å². The highest BCUT2D eigenvalue weighted by atomic mass is 14.8. The van der Waals surface area contributed by atoms with Crippen LogP contribution in [0.1, 0.15) is 17.0 Å². The molecule has 0 fully saturated rings. The molecule has 2 N–H and O–H groups in total. The van der Waals surface area contributed by atoms with Gasteiger partial charge >= 0.3 is 0 Å². The van der Waals surface area contributed by atoms with Crippen LogP contribution in [-0.2, 0) is 0 Å². The maximum Gasteiger partial charge on any atom is 0.0337 e. The predicted octanol–water partition coefficient (Wildman–Crippen LogP) is 3.67. The lowest BCUT2D eigenvalue weighted by atomic mass is 10.2. The van der Waals surface area contributed by atoms with Gasteiger partial charge in [-0.05, 0) is 45.0 Å². The van der Waals surface area contributed by atoms with E-state index in [2.05, 4.69) is 53.6 Å². The highest BCUT2D eigenvalue weighted by Gasteiger charge is 1.84. The first-order valence-corrected chi connectivity index (χ1v) is 5.48. The van der Waals surface area contributed by atoms with Gasteiger partial charge in [-0.3, -0.25) is 0 Å². The second-order valence-electron chi connectivity index (χ2n) is 3.94. The number of nitrogens with one attached hydrogen (secondary N) is 2. The summed E-state index contributed by atoms with van der Waals surface area (Å²) >= 11 is 0. The van der Waals surface area contributed by atoms with Crippen LogP contribution >= 0.6 is 0 Å². The van der Waals surface area contributed by atoms with Crippen LogP contribution in [0.2, 0.25) is 0 Å². The molecule has 0 bridgehead atoms. The quantitative estimate of drug-likeness (QED) is 0.748. The summed E-state index contributed by atoms with van der Waals surface area (Å²) < 4.78 is 0. The van der Waals surface area contributed by atoms with Crippen LogP contribution in [0.15, 0.2) is 36.4 Å². The van der Waals surface area contributed by atoms with Crippen LogP contribution in [-0.4, -0.2) is 12.0 Å². The summed E-state index contributed by atoms with van der Waals surface area (Å²) in [7, 11) is 1.92. The topological polar surface area (TPSA) is 27.8 Å². The minimum atomic E-state index is 1.17. The van der Waals surface area contributed by atoms with Gasteiger partial charge in [0.25, 0.3) is 0 Å². The molecular formula is C14H20N2. The van der Waals surface area contributed by atoms with E-state index in [1.807, 2.05) is 20.9 Å². The average molecular weight is 216 g/mol. The molecule has 0 unspecified atom stereocenters. The Morgan fingerprint density at radius 3 is 1.62 bits per heavy atom. The first-order valence-electron chi connectivity index (χ1n) is 5.48. The van der Waals surface area contributed by atoms with Crippen molar-refractivity contribution >= 4 is 5.69 Å². The van der Waals surface area contributed by atoms with Crippen molar-refractivity contribution in [2.24, 2.45) is 0 Å². The van der Waals surface area contributed by atoms with E-state index in [1.165, 1.54) is 22.6 Å².